The first kappa shape index (κ1) is 15.3. The molecule has 0 bridgehead atoms. The molecule has 5 nitrogen and oxygen atoms in total. The number of aliphatic hydroxyl groups is 1. The Morgan fingerprint density at radius 2 is 2.22 bits per heavy atom. The van der Waals surface area contributed by atoms with Crippen LogP contribution in [0.5, 0.6) is 0 Å². The van der Waals surface area contributed by atoms with E-state index in [2.05, 4.69) is 16.8 Å². The molecule has 2 atom stereocenters. The molecule has 1 aliphatic carbocycles. The number of aryl methyl sites for hydroxylation is 1. The van der Waals surface area contributed by atoms with Crippen molar-refractivity contribution in [2.45, 2.75) is 39.2 Å². The molecular weight excluding hydrogens is 308 g/mol. The molecule has 1 saturated heterocycles. The van der Waals surface area contributed by atoms with Crippen LogP contribution in [-0.4, -0.2) is 39.7 Å². The van der Waals surface area contributed by atoms with Gasteiger partial charge in [-0.15, -0.1) is 11.3 Å². The van der Waals surface area contributed by atoms with Crippen LogP contribution in [0.4, 0.5) is 5.82 Å². The molecule has 2 aliphatic rings. The third kappa shape index (κ3) is 2.84. The number of nitrogens with zero attached hydrogens (tertiary/aromatic N) is 3. The van der Waals surface area contributed by atoms with Crippen molar-refractivity contribution >= 4 is 27.4 Å². The molecule has 124 valence electrons. The predicted molar refractivity (Wildman–Crippen MR) is 93.5 cm³/mol. The third-order valence-electron chi connectivity index (χ3n) is 5.22. The van der Waals surface area contributed by atoms with Gasteiger partial charge in [-0.2, -0.15) is 0 Å². The lowest BCUT2D eigenvalue weighted by Crippen LogP contribution is -2.22. The summed E-state index contributed by atoms with van der Waals surface area (Å²) in [6, 6.07) is 0. The zero-order chi connectivity index (χ0) is 16.0. The smallest absolute Gasteiger partial charge is 0.146 e. The molecule has 0 spiro atoms. The van der Waals surface area contributed by atoms with Crippen LogP contribution in [-0.2, 0) is 19.4 Å². The van der Waals surface area contributed by atoms with Crippen LogP contribution in [0.15, 0.2) is 0 Å². The molecule has 1 aliphatic heterocycles. The zero-order valence-electron chi connectivity index (χ0n) is 13.6. The van der Waals surface area contributed by atoms with Crippen molar-refractivity contribution in [1.29, 1.82) is 0 Å². The number of likely N-dealkylation sites (tertiary alicyclic amines) is 1. The SMILES string of the molecule is CC1CCc2c(sc3nc(CN4CCC(CO)C4)nc(N)c23)C1. The van der Waals surface area contributed by atoms with Crippen LogP contribution < -0.4 is 5.73 Å². The van der Waals surface area contributed by atoms with E-state index in [0.29, 0.717) is 11.7 Å². The molecule has 23 heavy (non-hydrogen) atoms. The third-order valence-corrected chi connectivity index (χ3v) is 6.37. The summed E-state index contributed by atoms with van der Waals surface area (Å²) >= 11 is 1.81. The van der Waals surface area contributed by atoms with E-state index in [-0.39, 0.29) is 6.61 Å². The molecule has 6 heteroatoms. The van der Waals surface area contributed by atoms with Crippen LogP contribution in [0, 0.1) is 11.8 Å². The van der Waals surface area contributed by atoms with Gasteiger partial charge in [0.05, 0.1) is 11.9 Å². The van der Waals surface area contributed by atoms with Crippen molar-refractivity contribution in [2.24, 2.45) is 11.8 Å². The maximum atomic E-state index is 9.27. The lowest BCUT2D eigenvalue weighted by molar-refractivity contribution is 0.219. The molecule has 2 unspecified atom stereocenters. The second-order valence-corrected chi connectivity index (χ2v) is 8.21. The molecule has 0 amide bonds. The number of fused-ring (bicyclic) bond motifs is 3. The van der Waals surface area contributed by atoms with Crippen molar-refractivity contribution < 1.29 is 5.11 Å². The molecule has 0 radical (unpaired) electrons. The second kappa shape index (κ2) is 6.00. The average Bonchev–Trinajstić information content (AvgIpc) is 3.10. The van der Waals surface area contributed by atoms with Crippen LogP contribution in [0.2, 0.25) is 0 Å². The monoisotopic (exact) mass is 332 g/mol. The minimum atomic E-state index is 0.272. The van der Waals surface area contributed by atoms with Crippen LogP contribution >= 0.6 is 11.3 Å². The second-order valence-electron chi connectivity index (χ2n) is 7.13. The standard InChI is InChI=1S/C17H24N4OS/c1-10-2-3-12-13(6-10)23-17-15(12)16(18)19-14(20-17)8-21-5-4-11(7-21)9-22/h10-11,22H,2-9H2,1H3,(H2,18,19,20). The highest BCUT2D eigenvalue weighted by Crippen LogP contribution is 2.39. The topological polar surface area (TPSA) is 75.3 Å². The van der Waals surface area contributed by atoms with Crippen molar-refractivity contribution in [2.75, 3.05) is 25.4 Å². The van der Waals surface area contributed by atoms with E-state index >= 15 is 0 Å². The van der Waals surface area contributed by atoms with Crippen molar-refractivity contribution in [3.63, 3.8) is 0 Å². The Bertz CT molecular complexity index is 729. The van der Waals surface area contributed by atoms with Crippen LogP contribution in [0.1, 0.15) is 36.0 Å². The summed E-state index contributed by atoms with van der Waals surface area (Å²) in [4.78, 5) is 14.2. The number of rotatable bonds is 3. The van der Waals surface area contributed by atoms with Gasteiger partial charge in [-0.3, -0.25) is 4.90 Å². The number of aromatic nitrogens is 2. The Labute approximate surface area is 140 Å². The Kier molecular flexibility index (Phi) is 3.99. The minimum absolute atomic E-state index is 0.272. The van der Waals surface area contributed by atoms with Crippen LogP contribution in [0.3, 0.4) is 0 Å². The normalized spacial score (nSPS) is 25.1. The fourth-order valence-electron chi connectivity index (χ4n) is 3.89. The van der Waals surface area contributed by atoms with Gasteiger partial charge in [-0.1, -0.05) is 6.92 Å². The van der Waals surface area contributed by atoms with Gasteiger partial charge in [0, 0.05) is 18.0 Å². The fourth-order valence-corrected chi connectivity index (χ4v) is 5.30. The Morgan fingerprint density at radius 1 is 1.35 bits per heavy atom. The predicted octanol–water partition coefficient (Wildman–Crippen LogP) is 2.21. The summed E-state index contributed by atoms with van der Waals surface area (Å²) in [7, 11) is 0. The maximum absolute atomic E-state index is 9.27. The quantitative estimate of drug-likeness (QED) is 0.901. The molecule has 3 heterocycles. The Balaban J connectivity index is 1.63. The summed E-state index contributed by atoms with van der Waals surface area (Å²) in [5.41, 5.74) is 7.68. The number of thiophene rings is 1. The van der Waals surface area contributed by atoms with E-state index in [4.69, 9.17) is 10.7 Å². The summed E-state index contributed by atoms with van der Waals surface area (Å²) < 4.78 is 0. The van der Waals surface area contributed by atoms with Gasteiger partial charge < -0.3 is 10.8 Å². The van der Waals surface area contributed by atoms with Gasteiger partial charge in [0.15, 0.2) is 0 Å². The number of hydrogen-bond acceptors (Lipinski definition) is 6. The van der Waals surface area contributed by atoms with Gasteiger partial charge in [0.25, 0.3) is 0 Å². The molecule has 2 aromatic rings. The van der Waals surface area contributed by atoms with E-state index in [1.165, 1.54) is 16.9 Å². The largest absolute Gasteiger partial charge is 0.396 e. The number of anilines is 1. The molecule has 3 N–H and O–H groups in total. The van der Waals surface area contributed by atoms with E-state index in [0.717, 1.165) is 60.9 Å². The number of hydrogen-bond donors (Lipinski definition) is 2. The number of nitrogen functional groups attached to an aromatic ring is 1. The molecule has 0 saturated carbocycles. The van der Waals surface area contributed by atoms with E-state index in [1.54, 1.807) is 11.3 Å². The highest BCUT2D eigenvalue weighted by Gasteiger charge is 2.25. The summed E-state index contributed by atoms with van der Waals surface area (Å²) in [6.45, 7) is 5.25. The average molecular weight is 332 g/mol. The molecule has 4 rings (SSSR count). The summed E-state index contributed by atoms with van der Waals surface area (Å²) in [6.07, 6.45) is 4.54. The van der Waals surface area contributed by atoms with Crippen molar-refractivity contribution in [1.82, 2.24) is 14.9 Å². The van der Waals surface area contributed by atoms with Crippen LogP contribution in [0.25, 0.3) is 10.2 Å². The first-order chi connectivity index (χ1) is 11.1. The first-order valence-electron chi connectivity index (χ1n) is 8.54. The van der Waals surface area contributed by atoms with Gasteiger partial charge >= 0.3 is 0 Å². The summed E-state index contributed by atoms with van der Waals surface area (Å²) in [5, 5.41) is 10.4. The summed E-state index contributed by atoms with van der Waals surface area (Å²) in [5.74, 6) is 2.62. The maximum Gasteiger partial charge on any atom is 0.146 e. The highest BCUT2D eigenvalue weighted by atomic mass is 32.1. The molecule has 1 fully saturated rings. The first-order valence-corrected chi connectivity index (χ1v) is 9.35. The Morgan fingerprint density at radius 3 is 3.00 bits per heavy atom. The van der Waals surface area contributed by atoms with E-state index in [9.17, 15) is 5.11 Å². The zero-order valence-corrected chi connectivity index (χ0v) is 14.4. The van der Waals surface area contributed by atoms with Crippen molar-refractivity contribution in [3.8, 4) is 0 Å². The van der Waals surface area contributed by atoms with Gasteiger partial charge in [-0.05, 0) is 49.6 Å². The Hall–Kier alpha value is -1.24. The molecule has 0 aromatic carbocycles. The molecular formula is C17H24N4OS. The highest BCUT2D eigenvalue weighted by molar-refractivity contribution is 7.19. The van der Waals surface area contributed by atoms with E-state index < -0.39 is 0 Å². The fraction of sp³-hybridized carbons (Fsp3) is 0.647. The molecule has 2 aromatic heterocycles. The van der Waals surface area contributed by atoms with E-state index in [1.807, 2.05) is 0 Å². The van der Waals surface area contributed by atoms with Crippen molar-refractivity contribution in [3.05, 3.63) is 16.3 Å². The lowest BCUT2D eigenvalue weighted by Gasteiger charge is -2.18. The van der Waals surface area contributed by atoms with Gasteiger partial charge in [0.2, 0.25) is 0 Å². The minimum Gasteiger partial charge on any atom is -0.396 e. The van der Waals surface area contributed by atoms with Gasteiger partial charge in [0.1, 0.15) is 16.5 Å². The van der Waals surface area contributed by atoms with Gasteiger partial charge in [-0.25, -0.2) is 9.97 Å². The lowest BCUT2D eigenvalue weighted by atomic mass is 9.89. The number of aliphatic hydroxyl groups excluding tert-OH is 1. The number of nitrogens with two attached hydrogens (primary N) is 1.